The summed E-state index contributed by atoms with van der Waals surface area (Å²) in [5.41, 5.74) is 2.34. The van der Waals surface area contributed by atoms with Crippen molar-refractivity contribution in [3.63, 3.8) is 0 Å². The lowest BCUT2D eigenvalue weighted by Crippen LogP contribution is -2.19. The number of ether oxygens (including phenoxy) is 1. The van der Waals surface area contributed by atoms with Gasteiger partial charge in [0.15, 0.2) is 0 Å². The average molecular weight is 451 g/mol. The van der Waals surface area contributed by atoms with Gasteiger partial charge in [0.2, 0.25) is 0 Å². The molecule has 7 heteroatoms. The molecule has 1 heterocycles. The zero-order chi connectivity index (χ0) is 20.4. The molecule has 0 atom stereocenters. The first-order valence-electron chi connectivity index (χ1n) is 8.78. The molecular weight excluding hydrogens is 436 g/mol. The number of hydrogen-bond acceptors (Lipinski definition) is 4. The third-order valence-corrected chi connectivity index (χ3v) is 4.94. The molecule has 0 saturated heterocycles. The van der Waals surface area contributed by atoms with Crippen LogP contribution in [0.5, 0.6) is 5.75 Å². The predicted molar refractivity (Wildman–Crippen MR) is 111 cm³/mol. The van der Waals surface area contributed by atoms with Gasteiger partial charge in [0.05, 0.1) is 11.1 Å². The van der Waals surface area contributed by atoms with E-state index in [4.69, 9.17) is 4.74 Å². The number of imide groups is 1. The second kappa shape index (κ2) is 7.89. The van der Waals surface area contributed by atoms with Gasteiger partial charge >= 0.3 is 0 Å². The molecule has 0 saturated carbocycles. The van der Waals surface area contributed by atoms with Gasteiger partial charge in [-0.25, -0.2) is 0 Å². The molecule has 0 radical (unpaired) electrons. The largest absolute Gasteiger partial charge is 0.489 e. The molecule has 0 fully saturated rings. The molecule has 29 heavy (non-hydrogen) atoms. The van der Waals surface area contributed by atoms with E-state index in [-0.39, 0.29) is 22.6 Å². The van der Waals surface area contributed by atoms with Crippen LogP contribution < -0.4 is 15.4 Å². The summed E-state index contributed by atoms with van der Waals surface area (Å²) in [5, 5.41) is 4.99. The number of benzene rings is 3. The number of hydrogen-bond donors (Lipinski definition) is 2. The molecule has 0 aromatic heterocycles. The van der Waals surface area contributed by atoms with Crippen molar-refractivity contribution >= 4 is 39.3 Å². The fraction of sp³-hybridized carbons (Fsp3) is 0.0455. The van der Waals surface area contributed by atoms with Crippen LogP contribution in [0.2, 0.25) is 0 Å². The number of amides is 3. The Morgan fingerprint density at radius 2 is 1.69 bits per heavy atom. The van der Waals surface area contributed by atoms with Crippen LogP contribution in [0.3, 0.4) is 0 Å². The highest BCUT2D eigenvalue weighted by atomic mass is 79.9. The summed E-state index contributed by atoms with van der Waals surface area (Å²) >= 11 is 3.40. The van der Waals surface area contributed by atoms with Crippen LogP contribution in [0.4, 0.5) is 5.69 Å². The van der Waals surface area contributed by atoms with Gasteiger partial charge in [-0.05, 0) is 48.0 Å². The molecule has 3 aromatic carbocycles. The Morgan fingerprint density at radius 3 is 2.48 bits per heavy atom. The number of halogens is 1. The van der Waals surface area contributed by atoms with Crippen molar-refractivity contribution in [3.8, 4) is 5.75 Å². The van der Waals surface area contributed by atoms with Crippen LogP contribution in [0.25, 0.3) is 0 Å². The SMILES string of the molecule is O=C(Nc1cccc(OCc2ccc(Br)cc2)c1)c1ccc2c(c1)C(=O)NC2=O. The maximum absolute atomic E-state index is 12.6. The van der Waals surface area contributed by atoms with Gasteiger partial charge in [-0.2, -0.15) is 0 Å². The van der Waals surface area contributed by atoms with Crippen LogP contribution in [-0.4, -0.2) is 17.7 Å². The normalized spacial score (nSPS) is 12.3. The Labute approximate surface area is 175 Å². The van der Waals surface area contributed by atoms with Crippen molar-refractivity contribution in [1.82, 2.24) is 5.32 Å². The maximum Gasteiger partial charge on any atom is 0.258 e. The first kappa shape index (κ1) is 18.9. The van der Waals surface area contributed by atoms with Crippen molar-refractivity contribution in [2.75, 3.05) is 5.32 Å². The second-order valence-corrected chi connectivity index (χ2v) is 7.36. The molecule has 4 rings (SSSR count). The van der Waals surface area contributed by atoms with Gasteiger partial charge in [-0.1, -0.05) is 34.1 Å². The molecular formula is C22H15BrN2O4. The highest BCUT2D eigenvalue weighted by Gasteiger charge is 2.27. The number of anilines is 1. The van der Waals surface area contributed by atoms with Gasteiger partial charge in [-0.15, -0.1) is 0 Å². The monoisotopic (exact) mass is 450 g/mol. The van der Waals surface area contributed by atoms with Crippen molar-refractivity contribution < 1.29 is 19.1 Å². The lowest BCUT2D eigenvalue weighted by Gasteiger charge is -2.10. The van der Waals surface area contributed by atoms with E-state index in [1.807, 2.05) is 24.3 Å². The van der Waals surface area contributed by atoms with Gasteiger partial charge in [0.1, 0.15) is 12.4 Å². The lowest BCUT2D eigenvalue weighted by atomic mass is 10.1. The molecule has 6 nitrogen and oxygen atoms in total. The predicted octanol–water partition coefficient (Wildman–Crippen LogP) is 4.16. The standard InChI is InChI=1S/C22H15BrN2O4/c23-15-7-4-13(5-8-15)12-29-17-3-1-2-16(11-17)24-20(26)14-6-9-18-19(10-14)22(28)25-21(18)27/h1-11H,12H2,(H,24,26)(H,25,27,28). The highest BCUT2D eigenvalue weighted by molar-refractivity contribution is 9.10. The summed E-state index contributed by atoms with van der Waals surface area (Å²) in [5.74, 6) is -0.717. The summed E-state index contributed by atoms with van der Waals surface area (Å²) < 4.78 is 6.79. The van der Waals surface area contributed by atoms with Crippen molar-refractivity contribution in [2.24, 2.45) is 0 Å². The number of fused-ring (bicyclic) bond motifs is 1. The fourth-order valence-corrected chi connectivity index (χ4v) is 3.19. The van der Waals surface area contributed by atoms with Crippen molar-refractivity contribution in [2.45, 2.75) is 6.61 Å². The molecule has 2 N–H and O–H groups in total. The molecule has 0 unspecified atom stereocenters. The molecule has 0 spiro atoms. The number of nitrogens with one attached hydrogen (secondary N) is 2. The molecule has 0 bridgehead atoms. The Balaban J connectivity index is 1.44. The molecule has 3 amide bonds. The van der Waals surface area contributed by atoms with Gasteiger partial charge in [-0.3, -0.25) is 19.7 Å². The summed E-state index contributed by atoms with van der Waals surface area (Å²) in [6, 6.07) is 19.3. The zero-order valence-electron chi connectivity index (χ0n) is 15.1. The highest BCUT2D eigenvalue weighted by Crippen LogP contribution is 2.22. The van der Waals surface area contributed by atoms with Crippen LogP contribution >= 0.6 is 15.9 Å². The van der Waals surface area contributed by atoms with E-state index >= 15 is 0 Å². The van der Waals surface area contributed by atoms with Crippen LogP contribution in [0.1, 0.15) is 36.6 Å². The fourth-order valence-electron chi connectivity index (χ4n) is 2.92. The van der Waals surface area contributed by atoms with Crippen LogP contribution in [0, 0.1) is 0 Å². The minimum Gasteiger partial charge on any atom is -0.489 e. The minimum absolute atomic E-state index is 0.203. The van der Waals surface area contributed by atoms with Crippen molar-refractivity contribution in [1.29, 1.82) is 0 Å². The Bertz CT molecular complexity index is 1130. The smallest absolute Gasteiger partial charge is 0.258 e. The van der Waals surface area contributed by atoms with E-state index in [1.165, 1.54) is 18.2 Å². The van der Waals surface area contributed by atoms with Gasteiger partial charge < -0.3 is 10.1 Å². The van der Waals surface area contributed by atoms with E-state index < -0.39 is 11.8 Å². The van der Waals surface area contributed by atoms with E-state index in [2.05, 4.69) is 26.6 Å². The summed E-state index contributed by atoms with van der Waals surface area (Å²) in [4.78, 5) is 35.9. The second-order valence-electron chi connectivity index (χ2n) is 6.44. The van der Waals surface area contributed by atoms with E-state index in [0.717, 1.165) is 10.0 Å². The minimum atomic E-state index is -0.497. The maximum atomic E-state index is 12.6. The third kappa shape index (κ3) is 4.20. The van der Waals surface area contributed by atoms with Gasteiger partial charge in [0, 0.05) is 21.8 Å². The summed E-state index contributed by atoms with van der Waals surface area (Å²) in [6.07, 6.45) is 0. The van der Waals surface area contributed by atoms with Crippen LogP contribution in [0.15, 0.2) is 71.2 Å². The van der Waals surface area contributed by atoms with E-state index in [1.54, 1.807) is 24.3 Å². The number of carbonyl (C=O) groups is 3. The Morgan fingerprint density at radius 1 is 0.931 bits per heavy atom. The molecule has 144 valence electrons. The summed E-state index contributed by atoms with van der Waals surface area (Å²) in [6.45, 7) is 0.401. The van der Waals surface area contributed by atoms with E-state index in [0.29, 0.717) is 18.0 Å². The topological polar surface area (TPSA) is 84.5 Å². The van der Waals surface area contributed by atoms with Crippen LogP contribution in [-0.2, 0) is 6.61 Å². The zero-order valence-corrected chi connectivity index (χ0v) is 16.7. The first-order valence-corrected chi connectivity index (χ1v) is 9.57. The molecule has 1 aliphatic heterocycles. The molecule has 0 aliphatic carbocycles. The van der Waals surface area contributed by atoms with E-state index in [9.17, 15) is 14.4 Å². The lowest BCUT2D eigenvalue weighted by molar-refractivity contribution is 0.0879. The molecule has 3 aromatic rings. The quantitative estimate of drug-likeness (QED) is 0.571. The number of carbonyl (C=O) groups excluding carboxylic acids is 3. The average Bonchev–Trinajstić information content (AvgIpc) is 3.01. The van der Waals surface area contributed by atoms with Crippen molar-refractivity contribution in [3.05, 3.63) is 93.5 Å². The Kier molecular flexibility index (Phi) is 5.14. The van der Waals surface area contributed by atoms with Gasteiger partial charge in [0.25, 0.3) is 17.7 Å². The summed E-state index contributed by atoms with van der Waals surface area (Å²) in [7, 11) is 0. The Hall–Kier alpha value is -3.45. The first-order chi connectivity index (χ1) is 14.0. The molecule has 1 aliphatic rings. The third-order valence-electron chi connectivity index (χ3n) is 4.41. The number of rotatable bonds is 5.